The number of thiazole rings is 1. The van der Waals surface area contributed by atoms with Crippen molar-refractivity contribution in [2.75, 3.05) is 16.9 Å². The molecule has 1 aromatic heterocycles. The summed E-state index contributed by atoms with van der Waals surface area (Å²) in [5.41, 5.74) is 0. The molecular formula is C7H8ClN3OS2. The van der Waals surface area contributed by atoms with E-state index in [1.165, 1.54) is 17.5 Å². The molecule has 1 amide bonds. The maximum absolute atomic E-state index is 11.6. The highest BCUT2D eigenvalue weighted by Crippen LogP contribution is 2.23. The molecule has 14 heavy (non-hydrogen) atoms. The van der Waals surface area contributed by atoms with Crippen LogP contribution in [0.3, 0.4) is 0 Å². The smallest absolute Gasteiger partial charge is 0.244 e. The van der Waals surface area contributed by atoms with Crippen molar-refractivity contribution in [2.24, 2.45) is 0 Å². The zero-order valence-electron chi connectivity index (χ0n) is 7.12. The van der Waals surface area contributed by atoms with Crippen LogP contribution in [0.25, 0.3) is 0 Å². The quantitative estimate of drug-likeness (QED) is 0.832. The molecule has 0 spiro atoms. The molecule has 0 saturated carbocycles. The Bertz CT molecular complexity index is 337. The lowest BCUT2D eigenvalue weighted by Gasteiger charge is -2.07. The Kier molecular flexibility index (Phi) is 3.27. The number of carbonyl (C=O) groups excluding carboxylic acids is 1. The molecule has 4 nitrogen and oxygen atoms in total. The molecule has 0 radical (unpaired) electrons. The Morgan fingerprint density at radius 2 is 2.64 bits per heavy atom. The molecule has 0 aliphatic carbocycles. The number of anilines is 1. The minimum Gasteiger partial charge on any atom is -0.301 e. The van der Waals surface area contributed by atoms with Gasteiger partial charge in [-0.2, -0.15) is 0 Å². The summed E-state index contributed by atoms with van der Waals surface area (Å²) in [6.07, 6.45) is 1.53. The molecule has 1 fully saturated rings. The van der Waals surface area contributed by atoms with Gasteiger partial charge >= 0.3 is 0 Å². The van der Waals surface area contributed by atoms with Gasteiger partial charge in [0.25, 0.3) is 0 Å². The summed E-state index contributed by atoms with van der Waals surface area (Å²) < 4.78 is 0.578. The molecule has 2 N–H and O–H groups in total. The van der Waals surface area contributed by atoms with E-state index in [0.29, 0.717) is 9.47 Å². The number of carbonyl (C=O) groups is 1. The molecule has 7 heteroatoms. The highest BCUT2D eigenvalue weighted by atomic mass is 35.5. The molecule has 2 heterocycles. The first-order valence-corrected chi connectivity index (χ1v) is 6.34. The Morgan fingerprint density at radius 1 is 1.79 bits per heavy atom. The second-order valence-electron chi connectivity index (χ2n) is 2.73. The van der Waals surface area contributed by atoms with Crippen molar-refractivity contribution in [2.45, 2.75) is 6.04 Å². The van der Waals surface area contributed by atoms with Gasteiger partial charge in [-0.25, -0.2) is 4.98 Å². The fourth-order valence-corrected chi connectivity index (χ4v) is 2.83. The highest BCUT2D eigenvalue weighted by Gasteiger charge is 2.22. The third-order valence-electron chi connectivity index (χ3n) is 1.74. The molecule has 0 unspecified atom stereocenters. The van der Waals surface area contributed by atoms with Crippen LogP contribution in [0.1, 0.15) is 0 Å². The van der Waals surface area contributed by atoms with Crippen LogP contribution in [-0.2, 0) is 4.79 Å². The summed E-state index contributed by atoms with van der Waals surface area (Å²) in [6.45, 7) is 0. The van der Waals surface area contributed by atoms with Crippen molar-refractivity contribution >= 4 is 45.7 Å². The second-order valence-corrected chi connectivity index (χ2v) is 5.42. The monoisotopic (exact) mass is 249 g/mol. The topological polar surface area (TPSA) is 54.0 Å². The summed E-state index contributed by atoms with van der Waals surface area (Å²) in [7, 11) is 0. The minimum atomic E-state index is -0.109. The molecule has 1 atom stereocenters. The maximum atomic E-state index is 11.6. The van der Waals surface area contributed by atoms with Gasteiger partial charge in [0.05, 0.1) is 12.2 Å². The van der Waals surface area contributed by atoms with Gasteiger partial charge in [0.2, 0.25) is 5.91 Å². The van der Waals surface area contributed by atoms with E-state index in [-0.39, 0.29) is 11.9 Å². The van der Waals surface area contributed by atoms with Crippen LogP contribution < -0.4 is 10.6 Å². The molecule has 1 saturated heterocycles. The van der Waals surface area contributed by atoms with Gasteiger partial charge in [-0.15, -0.1) is 11.8 Å². The summed E-state index contributed by atoms with van der Waals surface area (Å²) >= 11 is 8.66. The van der Waals surface area contributed by atoms with Gasteiger partial charge in [0, 0.05) is 11.6 Å². The highest BCUT2D eigenvalue weighted by molar-refractivity contribution is 7.99. The molecular weight excluding hydrogens is 242 g/mol. The SMILES string of the molecule is O=C(Nc1ncc(Cl)s1)[C@H]1CSCN1. The number of hydrogen-bond donors (Lipinski definition) is 2. The van der Waals surface area contributed by atoms with Crippen molar-refractivity contribution in [1.82, 2.24) is 10.3 Å². The number of hydrogen-bond acceptors (Lipinski definition) is 5. The van der Waals surface area contributed by atoms with Crippen LogP contribution in [0.15, 0.2) is 6.20 Å². The van der Waals surface area contributed by atoms with Crippen molar-refractivity contribution in [3.8, 4) is 0 Å². The lowest BCUT2D eigenvalue weighted by Crippen LogP contribution is -2.37. The standard InChI is InChI=1S/C7H8ClN3OS2/c8-5-1-9-7(14-5)11-6(12)4-2-13-3-10-4/h1,4,10H,2-3H2,(H,9,11,12)/t4-/m1/s1. The molecule has 76 valence electrons. The number of nitrogens with zero attached hydrogens (tertiary/aromatic N) is 1. The van der Waals surface area contributed by atoms with Crippen LogP contribution in [0.2, 0.25) is 4.34 Å². The van der Waals surface area contributed by atoms with E-state index in [2.05, 4.69) is 15.6 Å². The number of amides is 1. The number of nitrogens with one attached hydrogen (secondary N) is 2. The molecule has 1 aliphatic rings. The summed E-state index contributed by atoms with van der Waals surface area (Å²) in [4.78, 5) is 15.5. The average Bonchev–Trinajstić information content (AvgIpc) is 2.75. The predicted octanol–water partition coefficient (Wildman–Crippen LogP) is 1.40. The Labute approximate surface area is 94.4 Å². The lowest BCUT2D eigenvalue weighted by atomic mass is 10.3. The fourth-order valence-electron chi connectivity index (χ4n) is 1.07. The predicted molar refractivity (Wildman–Crippen MR) is 60.0 cm³/mol. The van der Waals surface area contributed by atoms with E-state index in [1.807, 2.05) is 0 Å². The third kappa shape index (κ3) is 2.38. The first kappa shape index (κ1) is 10.2. The first-order valence-electron chi connectivity index (χ1n) is 3.99. The van der Waals surface area contributed by atoms with E-state index < -0.39 is 0 Å². The molecule has 1 aromatic rings. The Hall–Kier alpha value is -0.300. The van der Waals surface area contributed by atoms with Crippen molar-refractivity contribution in [1.29, 1.82) is 0 Å². The summed E-state index contributed by atoms with van der Waals surface area (Å²) in [6, 6.07) is -0.109. The number of aromatic nitrogens is 1. The van der Waals surface area contributed by atoms with Crippen LogP contribution >= 0.6 is 34.7 Å². The van der Waals surface area contributed by atoms with E-state index in [9.17, 15) is 4.79 Å². The van der Waals surface area contributed by atoms with Gasteiger partial charge in [0.1, 0.15) is 4.34 Å². The van der Waals surface area contributed by atoms with Crippen molar-refractivity contribution in [3.63, 3.8) is 0 Å². The van der Waals surface area contributed by atoms with Gasteiger partial charge in [-0.05, 0) is 0 Å². The van der Waals surface area contributed by atoms with Crippen molar-refractivity contribution < 1.29 is 4.79 Å². The van der Waals surface area contributed by atoms with Gasteiger partial charge in [-0.1, -0.05) is 22.9 Å². The van der Waals surface area contributed by atoms with Crippen LogP contribution in [0, 0.1) is 0 Å². The largest absolute Gasteiger partial charge is 0.301 e. The van der Waals surface area contributed by atoms with Crippen LogP contribution in [0.4, 0.5) is 5.13 Å². The first-order chi connectivity index (χ1) is 6.75. The zero-order chi connectivity index (χ0) is 9.97. The van der Waals surface area contributed by atoms with E-state index in [0.717, 1.165) is 11.6 Å². The molecule has 2 rings (SSSR count). The maximum Gasteiger partial charge on any atom is 0.244 e. The number of rotatable bonds is 2. The van der Waals surface area contributed by atoms with E-state index in [1.54, 1.807) is 11.8 Å². The summed E-state index contributed by atoms with van der Waals surface area (Å²) in [5, 5.41) is 6.35. The number of halogens is 1. The van der Waals surface area contributed by atoms with Crippen LogP contribution in [0.5, 0.6) is 0 Å². The van der Waals surface area contributed by atoms with Crippen LogP contribution in [-0.4, -0.2) is 28.6 Å². The molecule has 0 aromatic carbocycles. The normalized spacial score (nSPS) is 21.1. The third-order valence-corrected chi connectivity index (χ3v) is 3.71. The molecule has 0 bridgehead atoms. The Morgan fingerprint density at radius 3 is 3.21 bits per heavy atom. The second kappa shape index (κ2) is 4.48. The summed E-state index contributed by atoms with van der Waals surface area (Å²) in [5.74, 6) is 1.60. The van der Waals surface area contributed by atoms with Gasteiger partial charge in [0.15, 0.2) is 5.13 Å². The van der Waals surface area contributed by atoms with E-state index in [4.69, 9.17) is 11.6 Å². The fraction of sp³-hybridized carbons (Fsp3) is 0.429. The minimum absolute atomic E-state index is 0.0407. The Balaban J connectivity index is 1.93. The average molecular weight is 250 g/mol. The van der Waals surface area contributed by atoms with E-state index >= 15 is 0 Å². The van der Waals surface area contributed by atoms with Gasteiger partial charge < -0.3 is 5.32 Å². The lowest BCUT2D eigenvalue weighted by molar-refractivity contribution is -0.117. The number of thioether (sulfide) groups is 1. The molecule has 1 aliphatic heterocycles. The van der Waals surface area contributed by atoms with Gasteiger partial charge in [-0.3, -0.25) is 10.1 Å². The van der Waals surface area contributed by atoms with Crippen molar-refractivity contribution in [3.05, 3.63) is 10.5 Å². The zero-order valence-corrected chi connectivity index (χ0v) is 9.51.